The molecule has 1 aliphatic carbocycles. The Morgan fingerprint density at radius 1 is 1.44 bits per heavy atom. The van der Waals surface area contributed by atoms with Crippen molar-refractivity contribution in [2.75, 3.05) is 18.8 Å². The minimum atomic E-state index is -0.249. The molecule has 2 heterocycles. The minimum absolute atomic E-state index is 0.0797. The number of fused-ring (bicyclic) bond motifs is 1. The molecule has 18 heavy (non-hydrogen) atoms. The van der Waals surface area contributed by atoms with Crippen LogP contribution in [-0.2, 0) is 0 Å². The van der Waals surface area contributed by atoms with Gasteiger partial charge in [-0.1, -0.05) is 0 Å². The van der Waals surface area contributed by atoms with Crippen LogP contribution in [0.2, 0.25) is 0 Å². The summed E-state index contributed by atoms with van der Waals surface area (Å²) < 4.78 is 0. The van der Waals surface area contributed by atoms with Gasteiger partial charge in [0.2, 0.25) is 0 Å². The summed E-state index contributed by atoms with van der Waals surface area (Å²) in [6.07, 6.45) is 3.18. The van der Waals surface area contributed by atoms with Crippen LogP contribution in [0.3, 0.4) is 0 Å². The molecule has 2 aliphatic rings. The predicted molar refractivity (Wildman–Crippen MR) is 66.8 cm³/mol. The van der Waals surface area contributed by atoms with Crippen LogP contribution in [0.25, 0.3) is 0 Å². The fraction of sp³-hybridized carbons (Fsp3) is 0.538. The maximum atomic E-state index is 12.3. The van der Waals surface area contributed by atoms with E-state index in [1.165, 1.54) is 0 Å². The normalized spacial score (nSPS) is 30.5. The monoisotopic (exact) mass is 247 g/mol. The van der Waals surface area contributed by atoms with Crippen molar-refractivity contribution in [1.29, 1.82) is 0 Å². The summed E-state index contributed by atoms with van der Waals surface area (Å²) in [6, 6.07) is 3.27. The Bertz CT molecular complexity index is 477. The number of nitrogens with zero attached hydrogens (tertiary/aromatic N) is 2. The van der Waals surface area contributed by atoms with Gasteiger partial charge < -0.3 is 15.7 Å². The van der Waals surface area contributed by atoms with Crippen LogP contribution in [0.1, 0.15) is 23.3 Å². The minimum Gasteiger partial charge on any atom is -0.399 e. The number of likely N-dealkylation sites (tertiary alicyclic amines) is 1. The second-order valence-corrected chi connectivity index (χ2v) is 5.25. The summed E-state index contributed by atoms with van der Waals surface area (Å²) in [6.45, 7) is 1.37. The molecule has 3 N–H and O–H groups in total. The molecule has 1 aromatic heterocycles. The fourth-order valence-electron chi connectivity index (χ4n) is 3.13. The van der Waals surface area contributed by atoms with Crippen molar-refractivity contribution in [3.63, 3.8) is 0 Å². The first-order chi connectivity index (χ1) is 8.65. The van der Waals surface area contributed by atoms with Crippen molar-refractivity contribution in [3.8, 4) is 0 Å². The van der Waals surface area contributed by atoms with Gasteiger partial charge in [-0.2, -0.15) is 0 Å². The Hall–Kier alpha value is -1.62. The zero-order valence-corrected chi connectivity index (χ0v) is 10.1. The Labute approximate surface area is 106 Å². The first kappa shape index (κ1) is 11.5. The Morgan fingerprint density at radius 3 is 3.00 bits per heavy atom. The average molecular weight is 247 g/mol. The maximum absolute atomic E-state index is 12.3. The molecule has 5 nitrogen and oxygen atoms in total. The molecule has 96 valence electrons. The molecular formula is C13H17N3O2. The van der Waals surface area contributed by atoms with Crippen molar-refractivity contribution in [2.24, 2.45) is 11.8 Å². The molecule has 1 saturated carbocycles. The molecule has 0 spiro atoms. The van der Waals surface area contributed by atoms with Crippen molar-refractivity contribution in [3.05, 3.63) is 24.0 Å². The highest BCUT2D eigenvalue weighted by atomic mass is 16.3. The van der Waals surface area contributed by atoms with Gasteiger partial charge in [0.05, 0.1) is 6.10 Å². The van der Waals surface area contributed by atoms with E-state index in [1.807, 2.05) is 0 Å². The molecule has 1 amide bonds. The Kier molecular flexibility index (Phi) is 2.70. The van der Waals surface area contributed by atoms with Gasteiger partial charge in [-0.3, -0.25) is 9.78 Å². The van der Waals surface area contributed by atoms with Gasteiger partial charge in [0, 0.05) is 30.9 Å². The first-order valence-corrected chi connectivity index (χ1v) is 6.34. The van der Waals surface area contributed by atoms with E-state index < -0.39 is 0 Å². The summed E-state index contributed by atoms with van der Waals surface area (Å²) in [4.78, 5) is 18.1. The third-order valence-corrected chi connectivity index (χ3v) is 4.11. The zero-order valence-electron chi connectivity index (χ0n) is 10.1. The predicted octanol–water partition coefficient (Wildman–Crippen LogP) is 0.507. The number of rotatable bonds is 1. The number of aliphatic hydroxyl groups excluding tert-OH is 1. The van der Waals surface area contributed by atoms with E-state index in [0.717, 1.165) is 19.4 Å². The van der Waals surface area contributed by atoms with Crippen LogP contribution in [0.15, 0.2) is 18.3 Å². The molecule has 1 aliphatic heterocycles. The van der Waals surface area contributed by atoms with E-state index in [-0.39, 0.29) is 17.9 Å². The average Bonchev–Trinajstić information content (AvgIpc) is 2.91. The van der Waals surface area contributed by atoms with E-state index in [1.54, 1.807) is 23.2 Å². The lowest BCUT2D eigenvalue weighted by Gasteiger charge is -2.18. The van der Waals surface area contributed by atoms with Crippen LogP contribution in [-0.4, -0.2) is 40.1 Å². The standard InChI is InChI=1S/C13H17N3O2/c14-9-3-4-15-11(5-9)13(18)16-6-8-1-2-12(17)10(8)7-16/h3-5,8,10,12,17H,1-2,6-7H2,(H2,14,15). The Morgan fingerprint density at radius 2 is 2.28 bits per heavy atom. The van der Waals surface area contributed by atoms with Gasteiger partial charge in [-0.15, -0.1) is 0 Å². The largest absolute Gasteiger partial charge is 0.399 e. The quantitative estimate of drug-likeness (QED) is 0.757. The van der Waals surface area contributed by atoms with E-state index in [2.05, 4.69) is 4.98 Å². The molecular weight excluding hydrogens is 230 g/mol. The number of carbonyl (C=O) groups excluding carboxylic acids is 1. The number of pyridine rings is 1. The number of nitrogen functional groups attached to an aromatic ring is 1. The van der Waals surface area contributed by atoms with Crippen LogP contribution in [0.5, 0.6) is 0 Å². The van der Waals surface area contributed by atoms with Crippen LogP contribution in [0.4, 0.5) is 5.69 Å². The van der Waals surface area contributed by atoms with Gasteiger partial charge in [0.25, 0.3) is 5.91 Å². The van der Waals surface area contributed by atoms with E-state index >= 15 is 0 Å². The van der Waals surface area contributed by atoms with Crippen molar-refractivity contribution < 1.29 is 9.90 Å². The summed E-state index contributed by atoms with van der Waals surface area (Å²) in [5.41, 5.74) is 6.60. The molecule has 1 aromatic rings. The number of aromatic nitrogens is 1. The van der Waals surface area contributed by atoms with E-state index in [9.17, 15) is 9.90 Å². The maximum Gasteiger partial charge on any atom is 0.272 e. The smallest absolute Gasteiger partial charge is 0.272 e. The van der Waals surface area contributed by atoms with Gasteiger partial charge in [0.15, 0.2) is 0 Å². The van der Waals surface area contributed by atoms with Gasteiger partial charge in [0.1, 0.15) is 5.69 Å². The van der Waals surface area contributed by atoms with Crippen LogP contribution in [0, 0.1) is 11.8 Å². The first-order valence-electron chi connectivity index (χ1n) is 6.34. The SMILES string of the molecule is Nc1ccnc(C(=O)N2CC3CCC(O)C3C2)c1. The van der Waals surface area contributed by atoms with Gasteiger partial charge >= 0.3 is 0 Å². The van der Waals surface area contributed by atoms with E-state index in [0.29, 0.717) is 23.8 Å². The molecule has 5 heteroatoms. The number of nitrogens with two attached hydrogens (primary N) is 1. The number of aliphatic hydroxyl groups is 1. The third kappa shape index (κ3) is 1.84. The fourth-order valence-corrected chi connectivity index (χ4v) is 3.13. The molecule has 2 fully saturated rings. The molecule has 0 aromatic carbocycles. The highest BCUT2D eigenvalue weighted by Crippen LogP contribution is 2.38. The van der Waals surface area contributed by atoms with Gasteiger partial charge in [-0.05, 0) is 30.9 Å². The second-order valence-electron chi connectivity index (χ2n) is 5.25. The molecule has 3 rings (SSSR count). The highest BCUT2D eigenvalue weighted by Gasteiger charge is 2.43. The zero-order chi connectivity index (χ0) is 12.7. The molecule has 3 unspecified atom stereocenters. The second kappa shape index (κ2) is 4.24. The van der Waals surface area contributed by atoms with Crippen LogP contribution >= 0.6 is 0 Å². The topological polar surface area (TPSA) is 79.5 Å². The number of amides is 1. The van der Waals surface area contributed by atoms with Crippen molar-refractivity contribution >= 4 is 11.6 Å². The number of hydrogen-bond acceptors (Lipinski definition) is 4. The highest BCUT2D eigenvalue weighted by molar-refractivity contribution is 5.93. The molecule has 3 atom stereocenters. The van der Waals surface area contributed by atoms with E-state index in [4.69, 9.17) is 5.73 Å². The molecule has 0 bridgehead atoms. The summed E-state index contributed by atoms with van der Waals surface area (Å²) in [5, 5.41) is 9.84. The number of anilines is 1. The van der Waals surface area contributed by atoms with Crippen molar-refractivity contribution in [2.45, 2.75) is 18.9 Å². The molecule has 0 radical (unpaired) electrons. The molecule has 1 saturated heterocycles. The van der Waals surface area contributed by atoms with Crippen LogP contribution < -0.4 is 5.73 Å². The van der Waals surface area contributed by atoms with Gasteiger partial charge in [-0.25, -0.2) is 0 Å². The lowest BCUT2D eigenvalue weighted by Crippen LogP contribution is -2.31. The number of carbonyl (C=O) groups is 1. The third-order valence-electron chi connectivity index (χ3n) is 4.11. The summed E-state index contributed by atoms with van der Waals surface area (Å²) in [5.74, 6) is 0.615. The number of hydrogen-bond donors (Lipinski definition) is 2. The summed E-state index contributed by atoms with van der Waals surface area (Å²) in [7, 11) is 0. The lowest BCUT2D eigenvalue weighted by molar-refractivity contribution is 0.0747. The van der Waals surface area contributed by atoms with Crippen molar-refractivity contribution in [1.82, 2.24) is 9.88 Å². The summed E-state index contributed by atoms with van der Waals surface area (Å²) >= 11 is 0. The lowest BCUT2D eigenvalue weighted by atomic mass is 10.00. The Balaban J connectivity index is 1.75.